The highest BCUT2D eigenvalue weighted by Crippen LogP contribution is 2.28. The number of aromatic nitrogens is 2. The summed E-state index contributed by atoms with van der Waals surface area (Å²) in [5, 5.41) is 12.3. The summed E-state index contributed by atoms with van der Waals surface area (Å²) in [5.41, 5.74) is 1.62. The van der Waals surface area contributed by atoms with Crippen LogP contribution in [-0.4, -0.2) is 29.3 Å². The maximum absolute atomic E-state index is 11.5. The van der Waals surface area contributed by atoms with Crippen LogP contribution in [0.3, 0.4) is 0 Å². The van der Waals surface area contributed by atoms with E-state index in [1.807, 2.05) is 18.2 Å². The Balaban J connectivity index is 1.96. The molecule has 112 valence electrons. The van der Waals surface area contributed by atoms with Crippen LogP contribution < -0.4 is 5.32 Å². The van der Waals surface area contributed by atoms with Crippen molar-refractivity contribution < 1.29 is 9.53 Å². The lowest BCUT2D eigenvalue weighted by Crippen LogP contribution is -2.08. The standard InChI is InChI=1S/C14H17N3O2S2/c1-9(2)15-13-16-17-14(21-13)20-8-10-5-4-6-11(7-10)12(18)19-3/h4-7,9H,8H2,1-3H3,(H,15,16). The summed E-state index contributed by atoms with van der Waals surface area (Å²) in [6.45, 7) is 4.12. The number of ether oxygens (including phenoxy) is 1. The first kappa shape index (κ1) is 15.8. The first-order valence-corrected chi connectivity index (χ1v) is 8.29. The zero-order chi connectivity index (χ0) is 15.2. The number of anilines is 1. The van der Waals surface area contributed by atoms with Crippen molar-refractivity contribution in [3.63, 3.8) is 0 Å². The van der Waals surface area contributed by atoms with Gasteiger partial charge in [-0.2, -0.15) is 0 Å². The van der Waals surface area contributed by atoms with Gasteiger partial charge < -0.3 is 10.1 Å². The molecular formula is C14H17N3O2S2. The van der Waals surface area contributed by atoms with Crippen molar-refractivity contribution in [2.45, 2.75) is 30.0 Å². The molecule has 0 unspecified atom stereocenters. The Kier molecular flexibility index (Phi) is 5.58. The molecule has 0 fully saturated rings. The topological polar surface area (TPSA) is 64.1 Å². The first-order chi connectivity index (χ1) is 10.1. The number of benzene rings is 1. The van der Waals surface area contributed by atoms with Gasteiger partial charge >= 0.3 is 5.97 Å². The van der Waals surface area contributed by atoms with Crippen molar-refractivity contribution in [3.8, 4) is 0 Å². The fourth-order valence-corrected chi connectivity index (χ4v) is 3.47. The Hall–Kier alpha value is -1.60. The van der Waals surface area contributed by atoms with Crippen LogP contribution in [0.2, 0.25) is 0 Å². The Morgan fingerprint density at radius 1 is 1.43 bits per heavy atom. The average Bonchev–Trinajstić information content (AvgIpc) is 2.91. The molecule has 0 atom stereocenters. The minimum absolute atomic E-state index is 0.318. The number of hydrogen-bond acceptors (Lipinski definition) is 7. The molecule has 1 heterocycles. The van der Waals surface area contributed by atoms with Crippen LogP contribution in [-0.2, 0) is 10.5 Å². The zero-order valence-corrected chi connectivity index (χ0v) is 13.8. The second-order valence-electron chi connectivity index (χ2n) is 4.65. The molecule has 0 saturated carbocycles. The molecule has 21 heavy (non-hydrogen) atoms. The van der Waals surface area contributed by atoms with Crippen LogP contribution in [0.15, 0.2) is 28.6 Å². The fourth-order valence-electron chi connectivity index (χ4n) is 1.62. The van der Waals surface area contributed by atoms with E-state index in [1.54, 1.807) is 17.8 Å². The molecule has 0 aliphatic carbocycles. The number of esters is 1. The SMILES string of the molecule is COC(=O)c1cccc(CSc2nnc(NC(C)C)s2)c1. The van der Waals surface area contributed by atoms with E-state index in [9.17, 15) is 4.79 Å². The molecule has 7 heteroatoms. The van der Waals surface area contributed by atoms with Gasteiger partial charge in [-0.1, -0.05) is 35.2 Å². The van der Waals surface area contributed by atoms with Gasteiger partial charge in [0.2, 0.25) is 5.13 Å². The van der Waals surface area contributed by atoms with Crippen molar-refractivity contribution in [2.75, 3.05) is 12.4 Å². The Bertz CT molecular complexity index is 614. The molecule has 0 aliphatic heterocycles. The van der Waals surface area contributed by atoms with Crippen LogP contribution in [0, 0.1) is 0 Å². The average molecular weight is 323 g/mol. The van der Waals surface area contributed by atoms with E-state index in [0.29, 0.717) is 11.6 Å². The van der Waals surface area contributed by atoms with Crippen LogP contribution in [0.25, 0.3) is 0 Å². The number of nitrogens with one attached hydrogen (secondary N) is 1. The molecule has 1 aromatic carbocycles. The molecule has 0 radical (unpaired) electrons. The number of methoxy groups -OCH3 is 1. The smallest absolute Gasteiger partial charge is 0.337 e. The second kappa shape index (κ2) is 7.42. The van der Waals surface area contributed by atoms with E-state index in [4.69, 9.17) is 4.74 Å². The number of rotatable bonds is 6. The maximum Gasteiger partial charge on any atom is 0.337 e. The highest BCUT2D eigenvalue weighted by atomic mass is 32.2. The molecule has 1 N–H and O–H groups in total. The van der Waals surface area contributed by atoms with Crippen LogP contribution in [0.4, 0.5) is 5.13 Å². The quantitative estimate of drug-likeness (QED) is 0.649. The Morgan fingerprint density at radius 2 is 2.24 bits per heavy atom. The molecule has 0 saturated heterocycles. The summed E-state index contributed by atoms with van der Waals surface area (Å²) in [6.07, 6.45) is 0. The molecule has 1 aromatic heterocycles. The molecule has 2 rings (SSSR count). The molecular weight excluding hydrogens is 306 g/mol. The zero-order valence-electron chi connectivity index (χ0n) is 12.1. The summed E-state index contributed by atoms with van der Waals surface area (Å²) in [7, 11) is 1.38. The minimum Gasteiger partial charge on any atom is -0.465 e. The third kappa shape index (κ3) is 4.71. The van der Waals surface area contributed by atoms with E-state index in [-0.39, 0.29) is 5.97 Å². The number of thioether (sulfide) groups is 1. The largest absolute Gasteiger partial charge is 0.465 e. The summed E-state index contributed by atoms with van der Waals surface area (Å²) < 4.78 is 5.62. The fraction of sp³-hybridized carbons (Fsp3) is 0.357. The van der Waals surface area contributed by atoms with Gasteiger partial charge in [-0.3, -0.25) is 0 Å². The van der Waals surface area contributed by atoms with Gasteiger partial charge in [-0.25, -0.2) is 4.79 Å². The number of carbonyl (C=O) groups excluding carboxylic acids is 1. The van der Waals surface area contributed by atoms with Gasteiger partial charge in [0.05, 0.1) is 12.7 Å². The number of hydrogen-bond donors (Lipinski definition) is 1. The summed E-state index contributed by atoms with van der Waals surface area (Å²) in [4.78, 5) is 11.5. The molecule has 0 aliphatic rings. The minimum atomic E-state index is -0.318. The van der Waals surface area contributed by atoms with E-state index in [0.717, 1.165) is 20.8 Å². The van der Waals surface area contributed by atoms with E-state index in [2.05, 4.69) is 29.4 Å². The molecule has 0 amide bonds. The lowest BCUT2D eigenvalue weighted by atomic mass is 10.1. The molecule has 0 spiro atoms. The van der Waals surface area contributed by atoms with Crippen molar-refractivity contribution in [3.05, 3.63) is 35.4 Å². The molecule has 2 aromatic rings. The van der Waals surface area contributed by atoms with Crippen LogP contribution in [0.1, 0.15) is 29.8 Å². The maximum atomic E-state index is 11.5. The van der Waals surface area contributed by atoms with Crippen molar-refractivity contribution in [1.29, 1.82) is 0 Å². The normalized spacial score (nSPS) is 10.7. The Morgan fingerprint density at radius 3 is 2.95 bits per heavy atom. The van der Waals surface area contributed by atoms with Crippen molar-refractivity contribution in [2.24, 2.45) is 0 Å². The third-order valence-electron chi connectivity index (χ3n) is 2.53. The van der Waals surface area contributed by atoms with E-state index < -0.39 is 0 Å². The highest BCUT2D eigenvalue weighted by molar-refractivity contribution is 8.00. The first-order valence-electron chi connectivity index (χ1n) is 6.48. The van der Waals surface area contributed by atoms with Crippen molar-refractivity contribution >= 4 is 34.2 Å². The summed E-state index contributed by atoms with van der Waals surface area (Å²) in [6, 6.07) is 7.76. The van der Waals surface area contributed by atoms with Gasteiger partial charge in [-0.05, 0) is 31.5 Å². The van der Waals surface area contributed by atoms with E-state index >= 15 is 0 Å². The van der Waals surface area contributed by atoms with Gasteiger partial charge in [0.15, 0.2) is 4.34 Å². The summed E-state index contributed by atoms with van der Waals surface area (Å²) in [5.74, 6) is 0.419. The van der Waals surface area contributed by atoms with E-state index in [1.165, 1.54) is 18.4 Å². The van der Waals surface area contributed by atoms with Gasteiger partial charge in [0.1, 0.15) is 0 Å². The number of nitrogens with zero attached hydrogens (tertiary/aromatic N) is 2. The predicted octanol–water partition coefficient (Wildman–Crippen LogP) is 3.44. The lowest BCUT2D eigenvalue weighted by molar-refractivity contribution is 0.0600. The van der Waals surface area contributed by atoms with Crippen molar-refractivity contribution in [1.82, 2.24) is 10.2 Å². The Labute approximate surface area is 132 Å². The second-order valence-corrected chi connectivity index (χ2v) is 6.85. The van der Waals surface area contributed by atoms with Gasteiger partial charge in [0, 0.05) is 11.8 Å². The third-order valence-corrected chi connectivity index (χ3v) is 4.59. The van der Waals surface area contributed by atoms with Gasteiger partial charge in [-0.15, -0.1) is 10.2 Å². The molecule has 0 bridgehead atoms. The predicted molar refractivity (Wildman–Crippen MR) is 86.0 cm³/mol. The van der Waals surface area contributed by atoms with Crippen LogP contribution in [0.5, 0.6) is 0 Å². The lowest BCUT2D eigenvalue weighted by Gasteiger charge is -2.03. The number of carbonyl (C=O) groups is 1. The summed E-state index contributed by atoms with van der Waals surface area (Å²) >= 11 is 3.14. The monoisotopic (exact) mass is 323 g/mol. The van der Waals surface area contributed by atoms with Crippen LogP contribution >= 0.6 is 23.1 Å². The molecule has 5 nitrogen and oxygen atoms in total. The highest BCUT2D eigenvalue weighted by Gasteiger charge is 2.08. The van der Waals surface area contributed by atoms with Gasteiger partial charge in [0.25, 0.3) is 0 Å².